The largest absolute Gasteiger partial charge is 0.330 e. The van der Waals surface area contributed by atoms with E-state index in [0.717, 1.165) is 11.6 Å². The summed E-state index contributed by atoms with van der Waals surface area (Å²) in [6, 6.07) is 10.8. The quantitative estimate of drug-likeness (QED) is 0.939. The Morgan fingerprint density at radius 3 is 2.71 bits per heavy atom. The van der Waals surface area contributed by atoms with Crippen LogP contribution in [0.4, 0.5) is 0 Å². The molecule has 2 N–H and O–H groups in total. The van der Waals surface area contributed by atoms with Crippen LogP contribution in [0.2, 0.25) is 0 Å². The summed E-state index contributed by atoms with van der Waals surface area (Å²) < 4.78 is 0. The molecule has 1 saturated carbocycles. The van der Waals surface area contributed by atoms with Gasteiger partial charge in [-0.25, -0.2) is 4.98 Å². The molecule has 0 spiro atoms. The predicted octanol–water partition coefficient (Wildman–Crippen LogP) is 3.48. The van der Waals surface area contributed by atoms with E-state index in [4.69, 9.17) is 5.73 Å². The summed E-state index contributed by atoms with van der Waals surface area (Å²) in [4.78, 5) is 8.56. The lowest BCUT2D eigenvalue weighted by atomic mass is 9.78. The maximum atomic E-state index is 5.98. The van der Waals surface area contributed by atoms with E-state index in [1.165, 1.54) is 24.8 Å². The van der Waals surface area contributed by atoms with Crippen LogP contribution in [0.15, 0.2) is 53.9 Å². The zero-order valence-corrected chi connectivity index (χ0v) is 12.9. The van der Waals surface area contributed by atoms with Crippen molar-refractivity contribution in [2.75, 3.05) is 6.54 Å². The Morgan fingerprint density at radius 2 is 2.00 bits per heavy atom. The van der Waals surface area contributed by atoms with Gasteiger partial charge in [-0.05, 0) is 43.2 Å². The zero-order valence-electron chi connectivity index (χ0n) is 12.1. The molecule has 3 unspecified atom stereocenters. The standard InChI is InChI=1S/C17H21N3S/c18-11-15-7-6-14(13-4-2-1-3-5-13)10-16(15)21-17-12-19-8-9-20-17/h1-5,8-9,12,14-16H,6-7,10-11,18H2. The Bertz CT molecular complexity index is 546. The van der Waals surface area contributed by atoms with Crippen molar-refractivity contribution in [2.45, 2.75) is 35.5 Å². The van der Waals surface area contributed by atoms with Crippen LogP contribution in [0.1, 0.15) is 30.7 Å². The van der Waals surface area contributed by atoms with Crippen molar-refractivity contribution < 1.29 is 0 Å². The highest BCUT2D eigenvalue weighted by molar-refractivity contribution is 7.99. The molecule has 21 heavy (non-hydrogen) atoms. The summed E-state index contributed by atoms with van der Waals surface area (Å²) in [5, 5.41) is 1.54. The monoisotopic (exact) mass is 299 g/mol. The molecule has 1 heterocycles. The van der Waals surface area contributed by atoms with Crippen molar-refractivity contribution in [3.05, 3.63) is 54.5 Å². The highest BCUT2D eigenvalue weighted by atomic mass is 32.2. The van der Waals surface area contributed by atoms with Gasteiger partial charge in [-0.1, -0.05) is 30.3 Å². The number of nitrogens with two attached hydrogens (primary N) is 1. The molecule has 1 aromatic carbocycles. The molecular formula is C17H21N3S. The van der Waals surface area contributed by atoms with Gasteiger partial charge in [0.2, 0.25) is 0 Å². The van der Waals surface area contributed by atoms with Gasteiger partial charge in [0.1, 0.15) is 5.03 Å². The zero-order chi connectivity index (χ0) is 14.5. The van der Waals surface area contributed by atoms with Crippen LogP contribution in [-0.2, 0) is 0 Å². The van der Waals surface area contributed by atoms with Crippen LogP contribution in [0.3, 0.4) is 0 Å². The lowest BCUT2D eigenvalue weighted by Crippen LogP contribution is -2.31. The Hall–Kier alpha value is -1.39. The maximum Gasteiger partial charge on any atom is 0.115 e. The van der Waals surface area contributed by atoms with Crippen LogP contribution in [-0.4, -0.2) is 21.8 Å². The third kappa shape index (κ3) is 3.63. The molecule has 0 amide bonds. The van der Waals surface area contributed by atoms with Gasteiger partial charge in [-0.3, -0.25) is 4.98 Å². The second kappa shape index (κ2) is 7.05. The first kappa shape index (κ1) is 14.5. The molecule has 1 aromatic heterocycles. The smallest absolute Gasteiger partial charge is 0.115 e. The van der Waals surface area contributed by atoms with E-state index in [9.17, 15) is 0 Å². The SMILES string of the molecule is NCC1CCC(c2ccccc2)CC1Sc1cnccn1. The van der Waals surface area contributed by atoms with E-state index in [0.29, 0.717) is 17.1 Å². The van der Waals surface area contributed by atoms with E-state index < -0.39 is 0 Å². The summed E-state index contributed by atoms with van der Waals surface area (Å²) in [6.45, 7) is 0.763. The third-order valence-electron chi connectivity index (χ3n) is 4.31. The third-order valence-corrected chi connectivity index (χ3v) is 5.65. The Kier molecular flexibility index (Phi) is 4.88. The minimum atomic E-state index is 0.533. The topological polar surface area (TPSA) is 51.8 Å². The van der Waals surface area contributed by atoms with Crippen LogP contribution in [0, 0.1) is 5.92 Å². The molecule has 4 heteroatoms. The van der Waals surface area contributed by atoms with Crippen molar-refractivity contribution >= 4 is 11.8 Å². The number of hydrogen-bond donors (Lipinski definition) is 1. The Balaban J connectivity index is 1.73. The molecule has 3 atom stereocenters. The van der Waals surface area contributed by atoms with Crippen molar-refractivity contribution in [1.29, 1.82) is 0 Å². The summed E-state index contributed by atoms with van der Waals surface area (Å²) in [5.74, 6) is 1.22. The number of thioether (sulfide) groups is 1. The number of rotatable bonds is 4. The molecule has 110 valence electrons. The second-order valence-electron chi connectivity index (χ2n) is 5.62. The normalized spacial score (nSPS) is 25.7. The molecular weight excluding hydrogens is 278 g/mol. The Morgan fingerprint density at radius 1 is 1.14 bits per heavy atom. The summed E-state index contributed by atoms with van der Waals surface area (Å²) in [6.07, 6.45) is 8.95. The van der Waals surface area contributed by atoms with Gasteiger partial charge < -0.3 is 5.73 Å². The first-order chi connectivity index (χ1) is 10.4. The molecule has 0 aliphatic heterocycles. The first-order valence-corrected chi connectivity index (χ1v) is 8.42. The van der Waals surface area contributed by atoms with Crippen LogP contribution in [0.5, 0.6) is 0 Å². The molecule has 2 aromatic rings. The van der Waals surface area contributed by atoms with E-state index in [-0.39, 0.29) is 0 Å². The number of aromatic nitrogens is 2. The lowest BCUT2D eigenvalue weighted by molar-refractivity contribution is 0.343. The molecule has 0 bridgehead atoms. The summed E-state index contributed by atoms with van der Waals surface area (Å²) in [7, 11) is 0. The molecule has 3 nitrogen and oxygen atoms in total. The van der Waals surface area contributed by atoms with Crippen LogP contribution in [0.25, 0.3) is 0 Å². The minimum Gasteiger partial charge on any atom is -0.330 e. The number of hydrogen-bond acceptors (Lipinski definition) is 4. The van der Waals surface area contributed by atoms with Gasteiger partial charge in [0.05, 0.1) is 6.20 Å². The first-order valence-electron chi connectivity index (χ1n) is 7.54. The van der Waals surface area contributed by atoms with Crippen molar-refractivity contribution in [2.24, 2.45) is 11.7 Å². The maximum absolute atomic E-state index is 5.98. The minimum absolute atomic E-state index is 0.533. The van der Waals surface area contributed by atoms with E-state index in [2.05, 4.69) is 40.3 Å². The van der Waals surface area contributed by atoms with Crippen molar-refractivity contribution in [3.63, 3.8) is 0 Å². The van der Waals surface area contributed by atoms with Crippen LogP contribution < -0.4 is 5.73 Å². The number of benzene rings is 1. The van der Waals surface area contributed by atoms with E-state index >= 15 is 0 Å². The van der Waals surface area contributed by atoms with Gasteiger partial charge in [0.25, 0.3) is 0 Å². The molecule has 3 rings (SSSR count). The van der Waals surface area contributed by atoms with E-state index in [1.54, 1.807) is 12.4 Å². The van der Waals surface area contributed by atoms with Gasteiger partial charge in [0, 0.05) is 17.6 Å². The molecule has 1 aliphatic rings. The average Bonchev–Trinajstić information content (AvgIpc) is 2.56. The molecule has 0 saturated heterocycles. The molecule has 0 radical (unpaired) electrons. The summed E-state index contributed by atoms with van der Waals surface area (Å²) in [5.41, 5.74) is 7.44. The van der Waals surface area contributed by atoms with Crippen molar-refractivity contribution in [1.82, 2.24) is 9.97 Å². The summed E-state index contributed by atoms with van der Waals surface area (Å²) >= 11 is 1.84. The molecule has 1 fully saturated rings. The van der Waals surface area contributed by atoms with Gasteiger partial charge in [-0.15, -0.1) is 11.8 Å². The molecule has 1 aliphatic carbocycles. The average molecular weight is 299 g/mol. The lowest BCUT2D eigenvalue weighted by Gasteiger charge is -2.35. The van der Waals surface area contributed by atoms with Gasteiger partial charge in [-0.2, -0.15) is 0 Å². The Labute approximate surface area is 130 Å². The fourth-order valence-electron chi connectivity index (χ4n) is 3.14. The van der Waals surface area contributed by atoms with E-state index in [1.807, 2.05) is 18.0 Å². The highest BCUT2D eigenvalue weighted by Crippen LogP contribution is 2.42. The van der Waals surface area contributed by atoms with Crippen molar-refractivity contribution in [3.8, 4) is 0 Å². The van der Waals surface area contributed by atoms with Crippen LogP contribution >= 0.6 is 11.8 Å². The second-order valence-corrected chi connectivity index (χ2v) is 6.88. The fourth-order valence-corrected chi connectivity index (χ4v) is 4.46. The highest BCUT2D eigenvalue weighted by Gasteiger charge is 2.31. The predicted molar refractivity (Wildman–Crippen MR) is 87.3 cm³/mol. The van der Waals surface area contributed by atoms with Gasteiger partial charge in [0.15, 0.2) is 0 Å². The number of nitrogens with zero attached hydrogens (tertiary/aromatic N) is 2. The fraction of sp³-hybridized carbons (Fsp3) is 0.412. The van der Waals surface area contributed by atoms with Gasteiger partial charge >= 0.3 is 0 Å².